The van der Waals surface area contributed by atoms with Gasteiger partial charge in [0.25, 0.3) is 0 Å². The Balaban J connectivity index is 1.94. The van der Waals surface area contributed by atoms with Crippen molar-refractivity contribution in [1.82, 2.24) is 0 Å². The zero-order valence-corrected chi connectivity index (χ0v) is 10.7. The van der Waals surface area contributed by atoms with Gasteiger partial charge < -0.3 is 20.2 Å². The molecule has 1 aromatic heterocycles. The Bertz CT molecular complexity index is 550. The lowest BCUT2D eigenvalue weighted by Gasteiger charge is -2.09. The van der Waals surface area contributed by atoms with Gasteiger partial charge in [0.1, 0.15) is 11.5 Å². The summed E-state index contributed by atoms with van der Waals surface area (Å²) in [4.78, 5) is 11.8. The second kappa shape index (κ2) is 5.95. The molecule has 0 aliphatic rings. The first-order valence-electron chi connectivity index (χ1n) is 5.95. The van der Waals surface area contributed by atoms with Gasteiger partial charge in [-0.2, -0.15) is 0 Å². The third-order valence-corrected chi connectivity index (χ3v) is 2.71. The quantitative estimate of drug-likeness (QED) is 0.809. The van der Waals surface area contributed by atoms with E-state index in [1.54, 1.807) is 37.6 Å². The van der Waals surface area contributed by atoms with Crippen LogP contribution in [0.2, 0.25) is 0 Å². The summed E-state index contributed by atoms with van der Waals surface area (Å²) in [5.41, 5.74) is 6.86. The number of hydrogen-bond acceptors (Lipinski definition) is 4. The van der Waals surface area contributed by atoms with Gasteiger partial charge in [0, 0.05) is 18.9 Å². The van der Waals surface area contributed by atoms with E-state index in [1.165, 1.54) is 0 Å². The van der Waals surface area contributed by atoms with Gasteiger partial charge in [-0.15, -0.1) is 0 Å². The molecule has 0 saturated heterocycles. The molecule has 0 radical (unpaired) electrons. The number of hydrogen-bond donors (Lipinski definition) is 2. The van der Waals surface area contributed by atoms with E-state index in [2.05, 4.69) is 5.32 Å². The van der Waals surface area contributed by atoms with E-state index in [0.717, 1.165) is 5.76 Å². The predicted molar refractivity (Wildman–Crippen MR) is 73.1 cm³/mol. The van der Waals surface area contributed by atoms with Crippen LogP contribution in [0.15, 0.2) is 41.0 Å². The van der Waals surface area contributed by atoms with Crippen molar-refractivity contribution in [3.05, 3.63) is 42.4 Å². The molecular weight excluding hydrogens is 244 g/mol. The SMILES string of the molecule is COc1ccc(N)c(NC(=O)CCc2ccco2)c1. The minimum Gasteiger partial charge on any atom is -0.497 e. The van der Waals surface area contributed by atoms with Crippen molar-refractivity contribution in [2.75, 3.05) is 18.2 Å². The van der Waals surface area contributed by atoms with E-state index < -0.39 is 0 Å². The monoisotopic (exact) mass is 260 g/mol. The predicted octanol–water partition coefficient (Wildman–Crippen LogP) is 2.44. The molecule has 5 heteroatoms. The van der Waals surface area contributed by atoms with E-state index in [4.69, 9.17) is 14.9 Å². The first-order valence-corrected chi connectivity index (χ1v) is 5.95. The highest BCUT2D eigenvalue weighted by Gasteiger charge is 2.07. The van der Waals surface area contributed by atoms with Crippen molar-refractivity contribution in [2.45, 2.75) is 12.8 Å². The average Bonchev–Trinajstić information content (AvgIpc) is 2.92. The fourth-order valence-corrected chi connectivity index (χ4v) is 1.67. The molecule has 0 aliphatic carbocycles. The van der Waals surface area contributed by atoms with E-state index in [9.17, 15) is 4.79 Å². The van der Waals surface area contributed by atoms with Crippen molar-refractivity contribution >= 4 is 17.3 Å². The Kier molecular flexibility index (Phi) is 4.07. The molecule has 1 amide bonds. The first-order chi connectivity index (χ1) is 9.19. The maximum Gasteiger partial charge on any atom is 0.224 e. The molecule has 19 heavy (non-hydrogen) atoms. The Labute approximate surface area is 111 Å². The average molecular weight is 260 g/mol. The molecule has 0 saturated carbocycles. The van der Waals surface area contributed by atoms with Crippen molar-refractivity contribution < 1.29 is 13.9 Å². The van der Waals surface area contributed by atoms with Gasteiger partial charge in [0.2, 0.25) is 5.91 Å². The highest BCUT2D eigenvalue weighted by atomic mass is 16.5. The fraction of sp³-hybridized carbons (Fsp3) is 0.214. The van der Waals surface area contributed by atoms with Gasteiger partial charge in [-0.1, -0.05) is 0 Å². The molecule has 3 N–H and O–H groups in total. The normalized spacial score (nSPS) is 10.2. The molecule has 0 bridgehead atoms. The van der Waals surface area contributed by atoms with Crippen LogP contribution in [-0.4, -0.2) is 13.0 Å². The minimum absolute atomic E-state index is 0.114. The molecule has 1 aromatic carbocycles. The van der Waals surface area contributed by atoms with E-state index in [-0.39, 0.29) is 5.91 Å². The summed E-state index contributed by atoms with van der Waals surface area (Å²) < 4.78 is 10.3. The van der Waals surface area contributed by atoms with Crippen molar-refractivity contribution in [3.63, 3.8) is 0 Å². The number of carbonyl (C=O) groups is 1. The number of methoxy groups -OCH3 is 1. The van der Waals surface area contributed by atoms with Crippen molar-refractivity contribution in [1.29, 1.82) is 0 Å². The van der Waals surface area contributed by atoms with Crippen LogP contribution in [0.1, 0.15) is 12.2 Å². The lowest BCUT2D eigenvalue weighted by Crippen LogP contribution is -2.13. The van der Waals surface area contributed by atoms with Gasteiger partial charge in [0.05, 0.1) is 24.7 Å². The lowest BCUT2D eigenvalue weighted by atomic mass is 10.2. The number of furan rings is 1. The van der Waals surface area contributed by atoms with Crippen molar-refractivity contribution in [3.8, 4) is 5.75 Å². The van der Waals surface area contributed by atoms with Gasteiger partial charge >= 0.3 is 0 Å². The number of aryl methyl sites for hydroxylation is 1. The van der Waals surface area contributed by atoms with Crippen LogP contribution in [-0.2, 0) is 11.2 Å². The third kappa shape index (κ3) is 3.51. The first kappa shape index (κ1) is 13.0. The second-order valence-electron chi connectivity index (χ2n) is 4.08. The number of anilines is 2. The Morgan fingerprint density at radius 1 is 1.42 bits per heavy atom. The summed E-state index contributed by atoms with van der Waals surface area (Å²) in [5.74, 6) is 1.32. The molecular formula is C14H16N2O3. The van der Waals surface area contributed by atoms with E-state index >= 15 is 0 Å². The molecule has 0 unspecified atom stereocenters. The third-order valence-electron chi connectivity index (χ3n) is 2.71. The van der Waals surface area contributed by atoms with Crippen LogP contribution < -0.4 is 15.8 Å². The highest BCUT2D eigenvalue weighted by molar-refractivity contribution is 5.94. The molecule has 0 aliphatic heterocycles. The van der Waals surface area contributed by atoms with Gasteiger partial charge in [-0.25, -0.2) is 0 Å². The number of rotatable bonds is 5. The number of nitrogens with one attached hydrogen (secondary N) is 1. The Hall–Kier alpha value is -2.43. The summed E-state index contributed by atoms with van der Waals surface area (Å²) in [6, 6.07) is 8.77. The number of amides is 1. The summed E-state index contributed by atoms with van der Waals surface area (Å²) in [6.45, 7) is 0. The number of nitrogens with two attached hydrogens (primary N) is 1. The molecule has 2 rings (SSSR count). The molecule has 5 nitrogen and oxygen atoms in total. The Morgan fingerprint density at radius 2 is 2.26 bits per heavy atom. The smallest absolute Gasteiger partial charge is 0.224 e. The molecule has 1 heterocycles. The maximum absolute atomic E-state index is 11.8. The molecule has 0 fully saturated rings. The summed E-state index contributed by atoms with van der Waals surface area (Å²) in [5, 5.41) is 2.76. The van der Waals surface area contributed by atoms with E-state index in [0.29, 0.717) is 30.0 Å². The van der Waals surface area contributed by atoms with Crippen LogP contribution in [0.5, 0.6) is 5.75 Å². The van der Waals surface area contributed by atoms with E-state index in [1.807, 2.05) is 6.07 Å². The zero-order chi connectivity index (χ0) is 13.7. The summed E-state index contributed by atoms with van der Waals surface area (Å²) >= 11 is 0. The van der Waals surface area contributed by atoms with Crippen molar-refractivity contribution in [2.24, 2.45) is 0 Å². The fourth-order valence-electron chi connectivity index (χ4n) is 1.67. The number of nitrogen functional groups attached to an aromatic ring is 1. The van der Waals surface area contributed by atoms with Crippen LogP contribution in [0.25, 0.3) is 0 Å². The maximum atomic E-state index is 11.8. The summed E-state index contributed by atoms with van der Waals surface area (Å²) in [7, 11) is 1.56. The van der Waals surface area contributed by atoms with Crippen LogP contribution in [0.4, 0.5) is 11.4 Å². The van der Waals surface area contributed by atoms with Crippen LogP contribution in [0.3, 0.4) is 0 Å². The van der Waals surface area contributed by atoms with Gasteiger partial charge in [0.15, 0.2) is 0 Å². The number of benzene rings is 1. The van der Waals surface area contributed by atoms with Gasteiger partial charge in [-0.3, -0.25) is 4.79 Å². The van der Waals surface area contributed by atoms with Crippen LogP contribution in [0, 0.1) is 0 Å². The highest BCUT2D eigenvalue weighted by Crippen LogP contribution is 2.24. The molecule has 100 valence electrons. The van der Waals surface area contributed by atoms with Crippen LogP contribution >= 0.6 is 0 Å². The standard InChI is InChI=1S/C14H16N2O3/c1-18-11-4-6-12(15)13(9-11)16-14(17)7-5-10-3-2-8-19-10/h2-4,6,8-9H,5,7,15H2,1H3,(H,16,17). The molecule has 0 spiro atoms. The second-order valence-corrected chi connectivity index (χ2v) is 4.08. The molecule has 2 aromatic rings. The van der Waals surface area contributed by atoms with Gasteiger partial charge in [-0.05, 0) is 24.3 Å². The zero-order valence-electron chi connectivity index (χ0n) is 10.7. The Morgan fingerprint density at radius 3 is 2.95 bits per heavy atom. The summed E-state index contributed by atoms with van der Waals surface area (Å²) in [6.07, 6.45) is 2.49. The number of ether oxygens (including phenoxy) is 1. The lowest BCUT2D eigenvalue weighted by molar-refractivity contribution is -0.116. The minimum atomic E-state index is -0.114. The topological polar surface area (TPSA) is 77.5 Å². The molecule has 0 atom stereocenters. The number of carbonyl (C=O) groups excluding carboxylic acids is 1. The largest absolute Gasteiger partial charge is 0.497 e.